The van der Waals surface area contributed by atoms with E-state index in [9.17, 15) is 9.59 Å². The summed E-state index contributed by atoms with van der Waals surface area (Å²) in [6.45, 7) is 8.95. The van der Waals surface area contributed by atoms with Gasteiger partial charge in [0.15, 0.2) is 0 Å². The van der Waals surface area contributed by atoms with Crippen molar-refractivity contribution in [2.24, 2.45) is 0 Å². The molecule has 1 atom stereocenters. The normalized spacial score (nSPS) is 17.6. The summed E-state index contributed by atoms with van der Waals surface area (Å²) >= 11 is 0. The molecule has 2 heterocycles. The Kier molecular flexibility index (Phi) is 4.93. The highest BCUT2D eigenvalue weighted by atomic mass is 16.2. The summed E-state index contributed by atoms with van der Waals surface area (Å²) in [5.41, 5.74) is 2.83. The number of carbonyl (C=O) groups excluding carboxylic acids is 1. The molecule has 1 aromatic carbocycles. The van der Waals surface area contributed by atoms with Gasteiger partial charge in [-0.1, -0.05) is 18.2 Å². The van der Waals surface area contributed by atoms with E-state index >= 15 is 0 Å². The lowest BCUT2D eigenvalue weighted by molar-refractivity contribution is 0.0673. The number of hydrogen-bond donors (Lipinski definition) is 0. The maximum Gasteiger partial charge on any atom is 0.254 e. The molecule has 1 aliphatic heterocycles. The number of piperazine rings is 1. The Morgan fingerprint density at radius 1 is 1.20 bits per heavy atom. The van der Waals surface area contributed by atoms with Gasteiger partial charge >= 0.3 is 0 Å². The van der Waals surface area contributed by atoms with Crippen molar-refractivity contribution in [2.45, 2.75) is 33.4 Å². The molecule has 0 unspecified atom stereocenters. The summed E-state index contributed by atoms with van der Waals surface area (Å²) in [4.78, 5) is 29.0. The van der Waals surface area contributed by atoms with Gasteiger partial charge in [-0.05, 0) is 38.5 Å². The highest BCUT2D eigenvalue weighted by Gasteiger charge is 2.28. The van der Waals surface area contributed by atoms with Crippen LogP contribution in [-0.2, 0) is 6.54 Å². The molecule has 1 fully saturated rings. The Bertz CT molecular complexity index is 828. The second kappa shape index (κ2) is 7.13. The van der Waals surface area contributed by atoms with Gasteiger partial charge in [0, 0.05) is 55.7 Å². The number of anilines is 1. The standard InChI is InChI=1S/C20H25N3O2/c1-4-21-10-9-17(13-19(21)24)20(25)23-12-11-22(14-16(23)3)18-8-6-5-7-15(18)2/h5-10,13,16H,4,11-12,14H2,1-3H3/t16-/m1/s1. The zero-order valence-electron chi connectivity index (χ0n) is 15.1. The molecule has 0 radical (unpaired) electrons. The summed E-state index contributed by atoms with van der Waals surface area (Å²) < 4.78 is 1.59. The first-order valence-corrected chi connectivity index (χ1v) is 8.83. The van der Waals surface area contributed by atoms with Crippen molar-refractivity contribution in [1.29, 1.82) is 0 Å². The maximum atomic E-state index is 12.8. The summed E-state index contributed by atoms with van der Waals surface area (Å²) in [6.07, 6.45) is 1.70. The third kappa shape index (κ3) is 3.45. The van der Waals surface area contributed by atoms with Crippen LogP contribution < -0.4 is 10.5 Å². The van der Waals surface area contributed by atoms with Gasteiger partial charge in [-0.25, -0.2) is 0 Å². The maximum absolute atomic E-state index is 12.8. The molecule has 1 aliphatic rings. The second-order valence-corrected chi connectivity index (χ2v) is 6.62. The van der Waals surface area contributed by atoms with Crippen LogP contribution in [0.2, 0.25) is 0 Å². The molecule has 3 rings (SSSR count). The van der Waals surface area contributed by atoms with Crippen LogP contribution in [0.3, 0.4) is 0 Å². The number of aromatic nitrogens is 1. The monoisotopic (exact) mass is 339 g/mol. The first kappa shape index (κ1) is 17.3. The van der Waals surface area contributed by atoms with Crippen molar-refractivity contribution < 1.29 is 4.79 Å². The van der Waals surface area contributed by atoms with Gasteiger partial charge < -0.3 is 14.4 Å². The smallest absolute Gasteiger partial charge is 0.254 e. The summed E-state index contributed by atoms with van der Waals surface area (Å²) in [6, 6.07) is 11.6. The van der Waals surface area contributed by atoms with Gasteiger partial charge in [-0.3, -0.25) is 9.59 Å². The molecule has 0 bridgehead atoms. The highest BCUT2D eigenvalue weighted by molar-refractivity contribution is 5.94. The number of pyridine rings is 1. The van der Waals surface area contributed by atoms with Crippen molar-refractivity contribution in [3.63, 3.8) is 0 Å². The first-order chi connectivity index (χ1) is 12.0. The Balaban J connectivity index is 1.75. The number of benzene rings is 1. The molecule has 2 aromatic rings. The van der Waals surface area contributed by atoms with Gasteiger partial charge in [-0.15, -0.1) is 0 Å². The Hall–Kier alpha value is -2.56. The Morgan fingerprint density at radius 2 is 1.96 bits per heavy atom. The molecule has 0 saturated carbocycles. The average Bonchev–Trinajstić information content (AvgIpc) is 2.61. The molecule has 0 aliphatic carbocycles. The molecule has 1 saturated heterocycles. The number of carbonyl (C=O) groups is 1. The van der Waals surface area contributed by atoms with Crippen LogP contribution in [0.1, 0.15) is 29.8 Å². The van der Waals surface area contributed by atoms with Crippen LogP contribution in [0.4, 0.5) is 5.69 Å². The SMILES string of the molecule is CCn1ccc(C(=O)N2CCN(c3ccccc3C)C[C@H]2C)cc1=O. The molecule has 0 N–H and O–H groups in total. The molecule has 1 aromatic heterocycles. The van der Waals surface area contributed by atoms with E-state index < -0.39 is 0 Å². The fraction of sp³-hybridized carbons (Fsp3) is 0.400. The van der Waals surface area contributed by atoms with E-state index in [1.54, 1.807) is 16.8 Å². The number of para-hydroxylation sites is 1. The van der Waals surface area contributed by atoms with Gasteiger partial charge in [0.05, 0.1) is 0 Å². The Morgan fingerprint density at radius 3 is 2.60 bits per heavy atom. The summed E-state index contributed by atoms with van der Waals surface area (Å²) in [5.74, 6) is -0.0581. The third-order valence-electron chi connectivity index (χ3n) is 4.93. The minimum Gasteiger partial charge on any atom is -0.367 e. The van der Waals surface area contributed by atoms with Crippen LogP contribution in [0.25, 0.3) is 0 Å². The molecular weight excluding hydrogens is 314 g/mol. The number of rotatable bonds is 3. The number of aryl methyl sites for hydroxylation is 2. The van der Waals surface area contributed by atoms with Crippen molar-refractivity contribution in [3.8, 4) is 0 Å². The molecule has 1 amide bonds. The zero-order chi connectivity index (χ0) is 18.0. The minimum absolute atomic E-state index is 0.0581. The molecule has 0 spiro atoms. The van der Waals surface area contributed by atoms with Gasteiger partial charge in [0.2, 0.25) is 0 Å². The Labute approximate surface area is 148 Å². The van der Waals surface area contributed by atoms with E-state index in [4.69, 9.17) is 0 Å². The summed E-state index contributed by atoms with van der Waals surface area (Å²) in [5, 5.41) is 0. The van der Waals surface area contributed by atoms with E-state index in [1.807, 2.05) is 24.0 Å². The predicted molar refractivity (Wildman–Crippen MR) is 100 cm³/mol. The quantitative estimate of drug-likeness (QED) is 0.863. The molecule has 5 heteroatoms. The average molecular weight is 339 g/mol. The topological polar surface area (TPSA) is 45.6 Å². The lowest BCUT2D eigenvalue weighted by Crippen LogP contribution is -2.54. The first-order valence-electron chi connectivity index (χ1n) is 8.83. The molecular formula is C20H25N3O2. The van der Waals surface area contributed by atoms with E-state index in [1.165, 1.54) is 17.3 Å². The summed E-state index contributed by atoms with van der Waals surface area (Å²) in [7, 11) is 0. The van der Waals surface area contributed by atoms with E-state index in [2.05, 4.69) is 30.9 Å². The van der Waals surface area contributed by atoms with Crippen molar-refractivity contribution in [1.82, 2.24) is 9.47 Å². The van der Waals surface area contributed by atoms with Crippen molar-refractivity contribution in [3.05, 3.63) is 64.1 Å². The highest BCUT2D eigenvalue weighted by Crippen LogP contribution is 2.23. The zero-order valence-corrected chi connectivity index (χ0v) is 15.1. The van der Waals surface area contributed by atoms with E-state index in [-0.39, 0.29) is 17.5 Å². The molecule has 5 nitrogen and oxygen atoms in total. The fourth-order valence-corrected chi connectivity index (χ4v) is 3.46. The minimum atomic E-state index is -0.125. The lowest BCUT2D eigenvalue weighted by Gasteiger charge is -2.41. The largest absolute Gasteiger partial charge is 0.367 e. The van der Waals surface area contributed by atoms with Crippen LogP contribution in [0.15, 0.2) is 47.4 Å². The van der Waals surface area contributed by atoms with Crippen LogP contribution in [0, 0.1) is 6.92 Å². The van der Waals surface area contributed by atoms with Gasteiger partial charge in [0.25, 0.3) is 11.5 Å². The van der Waals surface area contributed by atoms with Gasteiger partial charge in [-0.2, -0.15) is 0 Å². The fourth-order valence-electron chi connectivity index (χ4n) is 3.46. The second-order valence-electron chi connectivity index (χ2n) is 6.62. The van der Waals surface area contributed by atoms with Crippen LogP contribution >= 0.6 is 0 Å². The number of amides is 1. The van der Waals surface area contributed by atoms with Gasteiger partial charge in [0.1, 0.15) is 0 Å². The predicted octanol–water partition coefficient (Wildman–Crippen LogP) is 2.53. The third-order valence-corrected chi connectivity index (χ3v) is 4.93. The molecule has 132 valence electrons. The van der Waals surface area contributed by atoms with E-state index in [0.29, 0.717) is 18.7 Å². The lowest BCUT2D eigenvalue weighted by atomic mass is 10.1. The van der Waals surface area contributed by atoms with Crippen molar-refractivity contribution in [2.75, 3.05) is 24.5 Å². The number of nitrogens with zero attached hydrogens (tertiary/aromatic N) is 3. The van der Waals surface area contributed by atoms with Crippen molar-refractivity contribution >= 4 is 11.6 Å². The number of hydrogen-bond acceptors (Lipinski definition) is 3. The van der Waals surface area contributed by atoms with Crippen LogP contribution in [-0.4, -0.2) is 41.1 Å². The van der Waals surface area contributed by atoms with E-state index in [0.717, 1.165) is 13.1 Å². The molecule has 25 heavy (non-hydrogen) atoms. The van der Waals surface area contributed by atoms with Crippen LogP contribution in [0.5, 0.6) is 0 Å².